The second kappa shape index (κ2) is 7.32. The summed E-state index contributed by atoms with van der Waals surface area (Å²) in [6, 6.07) is 7.65. The largest absolute Gasteiger partial charge is 0.330 e. The molecule has 128 valence electrons. The molecule has 2 N–H and O–H groups in total. The fourth-order valence-corrected chi connectivity index (χ4v) is 5.35. The van der Waals surface area contributed by atoms with Crippen LogP contribution in [0.3, 0.4) is 0 Å². The van der Waals surface area contributed by atoms with Gasteiger partial charge in [0.2, 0.25) is 10.0 Å². The first kappa shape index (κ1) is 16.9. The van der Waals surface area contributed by atoms with Crippen LogP contribution < -0.4 is 5.73 Å². The van der Waals surface area contributed by atoms with Gasteiger partial charge in [-0.1, -0.05) is 31.4 Å². The van der Waals surface area contributed by atoms with Crippen molar-refractivity contribution < 1.29 is 8.42 Å². The van der Waals surface area contributed by atoms with Crippen LogP contribution in [0.1, 0.15) is 56.4 Å². The van der Waals surface area contributed by atoms with Gasteiger partial charge in [0.25, 0.3) is 0 Å². The summed E-state index contributed by atoms with van der Waals surface area (Å²) in [6.07, 6.45) is 8.13. The van der Waals surface area contributed by atoms with Gasteiger partial charge in [-0.2, -0.15) is 4.31 Å². The van der Waals surface area contributed by atoms with E-state index in [1.165, 1.54) is 37.7 Å². The fraction of sp³-hybridized carbons (Fsp3) is 0.667. The van der Waals surface area contributed by atoms with E-state index >= 15 is 0 Å². The molecule has 23 heavy (non-hydrogen) atoms. The predicted molar refractivity (Wildman–Crippen MR) is 92.8 cm³/mol. The molecule has 1 saturated heterocycles. The van der Waals surface area contributed by atoms with Crippen molar-refractivity contribution >= 4 is 10.0 Å². The monoisotopic (exact) mass is 336 g/mol. The average Bonchev–Trinajstić information content (AvgIpc) is 2.62. The molecule has 1 saturated carbocycles. The summed E-state index contributed by atoms with van der Waals surface area (Å²) in [5, 5.41) is 0. The highest BCUT2D eigenvalue weighted by atomic mass is 32.2. The normalized spacial score (nSPS) is 22.3. The van der Waals surface area contributed by atoms with Gasteiger partial charge in [0.15, 0.2) is 0 Å². The zero-order valence-electron chi connectivity index (χ0n) is 13.8. The van der Waals surface area contributed by atoms with Gasteiger partial charge < -0.3 is 5.73 Å². The number of hydrogen-bond donors (Lipinski definition) is 1. The molecule has 0 unspecified atom stereocenters. The van der Waals surface area contributed by atoms with Crippen LogP contribution in [0.25, 0.3) is 0 Å². The van der Waals surface area contributed by atoms with Crippen molar-refractivity contribution in [3.8, 4) is 0 Å². The highest BCUT2D eigenvalue weighted by Gasteiger charge is 2.29. The average molecular weight is 337 g/mol. The molecule has 1 aromatic rings. The fourth-order valence-electron chi connectivity index (χ4n) is 3.88. The number of rotatable bonds is 4. The lowest BCUT2D eigenvalue weighted by Gasteiger charge is -2.30. The van der Waals surface area contributed by atoms with Gasteiger partial charge in [-0.3, -0.25) is 0 Å². The van der Waals surface area contributed by atoms with E-state index in [-0.39, 0.29) is 0 Å². The lowest BCUT2D eigenvalue weighted by Crippen LogP contribution is -2.40. The van der Waals surface area contributed by atoms with E-state index in [1.807, 2.05) is 12.1 Å². The minimum atomic E-state index is -3.35. The van der Waals surface area contributed by atoms with E-state index in [1.54, 1.807) is 16.4 Å². The predicted octanol–water partition coefficient (Wildman–Crippen LogP) is 3.09. The SMILES string of the molecule is NCC1CCN(S(=O)(=O)c2ccc(C3CCCCC3)cc2)CC1. The zero-order chi connectivity index (χ0) is 16.3. The number of nitrogens with zero attached hydrogens (tertiary/aromatic N) is 1. The molecule has 4 nitrogen and oxygen atoms in total. The quantitative estimate of drug-likeness (QED) is 0.919. The number of sulfonamides is 1. The van der Waals surface area contributed by atoms with E-state index in [2.05, 4.69) is 0 Å². The minimum absolute atomic E-state index is 0.434. The zero-order valence-corrected chi connectivity index (χ0v) is 14.6. The molecule has 0 bridgehead atoms. The molecule has 5 heteroatoms. The topological polar surface area (TPSA) is 63.4 Å². The van der Waals surface area contributed by atoms with Crippen LogP contribution in [0.2, 0.25) is 0 Å². The van der Waals surface area contributed by atoms with Crippen molar-refractivity contribution in [2.75, 3.05) is 19.6 Å². The van der Waals surface area contributed by atoms with Gasteiger partial charge >= 0.3 is 0 Å². The molecule has 2 aliphatic rings. The molecule has 0 atom stereocenters. The van der Waals surface area contributed by atoms with Crippen LogP contribution in [0.15, 0.2) is 29.2 Å². The number of benzene rings is 1. The Labute approximate surface area is 140 Å². The summed E-state index contributed by atoms with van der Waals surface area (Å²) >= 11 is 0. The van der Waals surface area contributed by atoms with E-state index in [9.17, 15) is 8.42 Å². The lowest BCUT2D eigenvalue weighted by atomic mass is 9.84. The number of nitrogens with two attached hydrogens (primary N) is 1. The van der Waals surface area contributed by atoms with Crippen LogP contribution in [0.4, 0.5) is 0 Å². The van der Waals surface area contributed by atoms with Gasteiger partial charge in [0.05, 0.1) is 4.90 Å². The third-order valence-electron chi connectivity index (χ3n) is 5.50. The molecule has 1 aliphatic carbocycles. The summed E-state index contributed by atoms with van der Waals surface area (Å²) in [4.78, 5) is 0.434. The molecule has 0 amide bonds. The lowest BCUT2D eigenvalue weighted by molar-refractivity contribution is 0.278. The van der Waals surface area contributed by atoms with Gasteiger partial charge in [-0.05, 0) is 61.8 Å². The molecule has 0 radical (unpaired) electrons. The molecule has 1 heterocycles. The van der Waals surface area contributed by atoms with Gasteiger partial charge in [-0.25, -0.2) is 8.42 Å². The second-order valence-corrected chi connectivity index (χ2v) is 8.93. The molecule has 0 aromatic heterocycles. The van der Waals surface area contributed by atoms with Crippen molar-refractivity contribution in [3.05, 3.63) is 29.8 Å². The molecule has 0 spiro atoms. The Kier molecular flexibility index (Phi) is 5.39. The van der Waals surface area contributed by atoms with E-state index in [0.29, 0.717) is 36.4 Å². The van der Waals surface area contributed by atoms with Crippen molar-refractivity contribution in [1.29, 1.82) is 0 Å². The summed E-state index contributed by atoms with van der Waals surface area (Å²) in [6.45, 7) is 1.84. The molecule has 1 aromatic carbocycles. The Morgan fingerprint density at radius 1 is 0.957 bits per heavy atom. The first-order valence-electron chi connectivity index (χ1n) is 8.91. The molecule has 1 aliphatic heterocycles. The number of hydrogen-bond acceptors (Lipinski definition) is 3. The van der Waals surface area contributed by atoms with E-state index < -0.39 is 10.0 Å². The highest BCUT2D eigenvalue weighted by Crippen LogP contribution is 2.33. The van der Waals surface area contributed by atoms with Gasteiger partial charge in [-0.15, -0.1) is 0 Å². The minimum Gasteiger partial charge on any atom is -0.330 e. The Morgan fingerprint density at radius 3 is 2.13 bits per heavy atom. The molecular weight excluding hydrogens is 308 g/mol. The summed E-state index contributed by atoms with van der Waals surface area (Å²) in [7, 11) is -3.35. The molecule has 2 fully saturated rings. The maximum atomic E-state index is 12.8. The number of piperidine rings is 1. The van der Waals surface area contributed by atoms with Crippen LogP contribution in [-0.4, -0.2) is 32.4 Å². The van der Waals surface area contributed by atoms with Crippen molar-refractivity contribution in [2.24, 2.45) is 11.7 Å². The summed E-state index contributed by atoms with van der Waals surface area (Å²) in [5.41, 5.74) is 6.99. The Balaban J connectivity index is 1.70. The first-order chi connectivity index (χ1) is 11.1. The first-order valence-corrected chi connectivity index (χ1v) is 10.4. The van der Waals surface area contributed by atoms with Crippen molar-refractivity contribution in [1.82, 2.24) is 4.31 Å². The van der Waals surface area contributed by atoms with Crippen LogP contribution in [-0.2, 0) is 10.0 Å². The maximum Gasteiger partial charge on any atom is 0.243 e. The van der Waals surface area contributed by atoms with Crippen molar-refractivity contribution in [2.45, 2.75) is 55.8 Å². The third-order valence-corrected chi connectivity index (χ3v) is 7.41. The highest BCUT2D eigenvalue weighted by molar-refractivity contribution is 7.89. The third kappa shape index (κ3) is 3.78. The standard InChI is InChI=1S/C18H28N2O2S/c19-14-15-10-12-20(13-11-15)23(21,22)18-8-6-17(7-9-18)16-4-2-1-3-5-16/h6-9,15-16H,1-5,10-14,19H2. The van der Waals surface area contributed by atoms with Crippen molar-refractivity contribution in [3.63, 3.8) is 0 Å². The van der Waals surface area contributed by atoms with Gasteiger partial charge in [0, 0.05) is 13.1 Å². The summed E-state index contributed by atoms with van der Waals surface area (Å²) < 4.78 is 27.1. The Hall–Kier alpha value is -0.910. The summed E-state index contributed by atoms with van der Waals surface area (Å²) in [5.74, 6) is 1.08. The van der Waals surface area contributed by atoms with Gasteiger partial charge in [0.1, 0.15) is 0 Å². The van der Waals surface area contributed by atoms with E-state index in [0.717, 1.165) is 12.8 Å². The molecule has 3 rings (SSSR count). The van der Waals surface area contributed by atoms with Crippen LogP contribution in [0, 0.1) is 5.92 Å². The maximum absolute atomic E-state index is 12.8. The smallest absolute Gasteiger partial charge is 0.243 e. The van der Waals surface area contributed by atoms with Crippen LogP contribution >= 0.6 is 0 Å². The second-order valence-electron chi connectivity index (χ2n) is 6.99. The van der Waals surface area contributed by atoms with Crippen LogP contribution in [0.5, 0.6) is 0 Å². The molecular formula is C18H28N2O2S. The van der Waals surface area contributed by atoms with E-state index in [4.69, 9.17) is 5.73 Å². The Morgan fingerprint density at radius 2 is 1.57 bits per heavy atom. The Bertz CT molecular complexity index is 598.